The number of hydrogen-bond donors (Lipinski definition) is 2. The van der Waals surface area contributed by atoms with Crippen LogP contribution in [-0.4, -0.2) is 24.7 Å². The molecule has 106 valence electrons. The summed E-state index contributed by atoms with van der Waals surface area (Å²) in [7, 11) is -3.94. The Bertz CT molecular complexity index is 578. The van der Waals surface area contributed by atoms with Gasteiger partial charge in [-0.3, -0.25) is 9.52 Å². The molecule has 0 fully saturated rings. The van der Waals surface area contributed by atoms with E-state index in [1.54, 1.807) is 13.0 Å². The van der Waals surface area contributed by atoms with Gasteiger partial charge < -0.3 is 5.11 Å². The van der Waals surface area contributed by atoms with Crippen LogP contribution in [0.15, 0.2) is 18.2 Å². The molecule has 1 aromatic rings. The predicted molar refractivity (Wildman–Crippen MR) is 74.9 cm³/mol. The smallest absolute Gasteiger partial charge is 0.323 e. The third-order valence-corrected chi connectivity index (χ3v) is 4.61. The monoisotopic (exact) mass is 285 g/mol. The maximum absolute atomic E-state index is 12.0. The van der Waals surface area contributed by atoms with E-state index in [-0.39, 0.29) is 5.92 Å². The summed E-state index contributed by atoms with van der Waals surface area (Å²) in [6.07, 6.45) is 0. The molecule has 2 N–H and O–H groups in total. The lowest BCUT2D eigenvalue weighted by Crippen LogP contribution is -2.32. The van der Waals surface area contributed by atoms with Crippen LogP contribution < -0.4 is 4.72 Å². The Hall–Kier alpha value is -1.56. The zero-order chi connectivity index (χ0) is 14.8. The summed E-state index contributed by atoms with van der Waals surface area (Å²) < 4.78 is 26.4. The normalized spacial score (nSPS) is 13.3. The van der Waals surface area contributed by atoms with Crippen molar-refractivity contribution in [2.24, 2.45) is 0 Å². The first-order valence-electron chi connectivity index (χ1n) is 6.00. The Kier molecular flexibility index (Phi) is 4.57. The van der Waals surface area contributed by atoms with E-state index in [1.165, 1.54) is 0 Å². The van der Waals surface area contributed by atoms with Gasteiger partial charge in [-0.15, -0.1) is 0 Å². The van der Waals surface area contributed by atoms with Crippen molar-refractivity contribution >= 4 is 21.7 Å². The topological polar surface area (TPSA) is 83.5 Å². The summed E-state index contributed by atoms with van der Waals surface area (Å²) in [6, 6.07) is 5.47. The number of sulfonamides is 1. The van der Waals surface area contributed by atoms with Crippen molar-refractivity contribution in [3.63, 3.8) is 0 Å². The van der Waals surface area contributed by atoms with Crippen LogP contribution in [0.3, 0.4) is 0 Å². The minimum absolute atomic E-state index is 0.137. The zero-order valence-corrected chi connectivity index (χ0v) is 12.3. The summed E-state index contributed by atoms with van der Waals surface area (Å²) in [6.45, 7) is 6.84. The predicted octanol–water partition coefficient (Wildman–Crippen LogP) is 2.33. The number of rotatable bonds is 5. The Morgan fingerprint density at radius 1 is 1.26 bits per heavy atom. The molecule has 0 amide bonds. The highest BCUT2D eigenvalue weighted by Gasteiger charge is 2.28. The summed E-state index contributed by atoms with van der Waals surface area (Å²) in [5.41, 5.74) is 2.10. The molecule has 19 heavy (non-hydrogen) atoms. The second-order valence-electron chi connectivity index (χ2n) is 4.82. The first-order chi connectivity index (χ1) is 8.66. The summed E-state index contributed by atoms with van der Waals surface area (Å²) in [5, 5.41) is 7.33. The number of aliphatic carboxylic acids is 1. The quantitative estimate of drug-likeness (QED) is 0.869. The molecule has 1 aromatic carbocycles. The number of carboxylic acids is 1. The van der Waals surface area contributed by atoms with E-state index >= 15 is 0 Å². The van der Waals surface area contributed by atoms with Crippen molar-refractivity contribution < 1.29 is 18.3 Å². The van der Waals surface area contributed by atoms with E-state index in [9.17, 15) is 13.2 Å². The third-order valence-electron chi connectivity index (χ3n) is 2.98. The van der Waals surface area contributed by atoms with E-state index in [4.69, 9.17) is 5.11 Å². The molecule has 0 aliphatic heterocycles. The molecule has 0 aliphatic carbocycles. The number of para-hydroxylation sites is 1. The van der Waals surface area contributed by atoms with Gasteiger partial charge in [0, 0.05) is 0 Å². The Morgan fingerprint density at radius 2 is 1.84 bits per heavy atom. The molecule has 5 nitrogen and oxygen atoms in total. The molecule has 0 aliphatic rings. The molecule has 1 unspecified atom stereocenters. The fourth-order valence-corrected chi connectivity index (χ4v) is 2.68. The zero-order valence-electron chi connectivity index (χ0n) is 11.5. The number of nitrogens with one attached hydrogen (secondary N) is 1. The maximum atomic E-state index is 12.0. The van der Waals surface area contributed by atoms with Crippen LogP contribution in [0.25, 0.3) is 0 Å². The van der Waals surface area contributed by atoms with E-state index in [0.717, 1.165) is 18.1 Å². The van der Waals surface area contributed by atoms with Crippen LogP contribution in [-0.2, 0) is 14.8 Å². The maximum Gasteiger partial charge on any atom is 0.323 e. The molecule has 0 radical (unpaired) electrons. The second kappa shape index (κ2) is 5.61. The van der Waals surface area contributed by atoms with Crippen molar-refractivity contribution in [3.8, 4) is 0 Å². The fraction of sp³-hybridized carbons (Fsp3) is 0.462. The van der Waals surface area contributed by atoms with Crippen LogP contribution >= 0.6 is 0 Å². The third kappa shape index (κ3) is 3.47. The van der Waals surface area contributed by atoms with Crippen molar-refractivity contribution in [1.29, 1.82) is 0 Å². The van der Waals surface area contributed by atoms with Gasteiger partial charge in [0.25, 0.3) is 0 Å². The lowest BCUT2D eigenvalue weighted by Gasteiger charge is -2.18. The number of aryl methyl sites for hydroxylation is 1. The highest BCUT2D eigenvalue weighted by Crippen LogP contribution is 2.28. The first-order valence-corrected chi connectivity index (χ1v) is 7.55. The van der Waals surface area contributed by atoms with Crippen LogP contribution in [0.2, 0.25) is 0 Å². The Balaban J connectivity index is 3.23. The minimum Gasteiger partial charge on any atom is -0.480 e. The molecule has 0 saturated carbocycles. The molecule has 1 rings (SSSR count). The summed E-state index contributed by atoms with van der Waals surface area (Å²) >= 11 is 0. The average Bonchev–Trinajstić information content (AvgIpc) is 2.30. The molecule has 0 aromatic heterocycles. The number of benzene rings is 1. The SMILES string of the molecule is Cc1cccc(C(C)C)c1NS(=O)(=O)C(C)C(=O)O. The van der Waals surface area contributed by atoms with Gasteiger partial charge in [0.05, 0.1) is 5.69 Å². The van der Waals surface area contributed by atoms with Crippen molar-refractivity contribution in [1.82, 2.24) is 0 Å². The summed E-state index contributed by atoms with van der Waals surface area (Å²) in [4.78, 5) is 10.8. The van der Waals surface area contributed by atoms with Gasteiger partial charge in [-0.05, 0) is 30.9 Å². The van der Waals surface area contributed by atoms with Gasteiger partial charge in [0.2, 0.25) is 10.0 Å². The van der Waals surface area contributed by atoms with Gasteiger partial charge in [-0.25, -0.2) is 8.42 Å². The van der Waals surface area contributed by atoms with E-state index in [2.05, 4.69) is 4.72 Å². The average molecular weight is 285 g/mol. The standard InChI is InChI=1S/C13H19NO4S/c1-8(2)11-7-5-6-9(3)12(11)14-19(17,18)10(4)13(15)16/h5-8,10,14H,1-4H3,(H,15,16). The minimum atomic E-state index is -3.94. The van der Waals surface area contributed by atoms with Crippen LogP contribution in [0.1, 0.15) is 37.8 Å². The highest BCUT2D eigenvalue weighted by atomic mass is 32.2. The molecule has 0 saturated heterocycles. The number of hydrogen-bond acceptors (Lipinski definition) is 3. The number of carbonyl (C=O) groups is 1. The van der Waals surface area contributed by atoms with Gasteiger partial charge in [-0.1, -0.05) is 32.0 Å². The number of carboxylic acid groups (broad SMARTS) is 1. The van der Waals surface area contributed by atoms with E-state index < -0.39 is 21.2 Å². The molecule has 6 heteroatoms. The largest absolute Gasteiger partial charge is 0.480 e. The molecule has 0 heterocycles. The van der Waals surface area contributed by atoms with Gasteiger partial charge in [-0.2, -0.15) is 0 Å². The molecule has 0 bridgehead atoms. The van der Waals surface area contributed by atoms with E-state index in [1.807, 2.05) is 26.0 Å². The molecular formula is C13H19NO4S. The summed E-state index contributed by atoms with van der Waals surface area (Å²) in [5.74, 6) is -1.23. The van der Waals surface area contributed by atoms with Gasteiger partial charge in [0.1, 0.15) is 0 Å². The lowest BCUT2D eigenvalue weighted by atomic mass is 9.99. The first kappa shape index (κ1) is 15.5. The van der Waals surface area contributed by atoms with Gasteiger partial charge in [0.15, 0.2) is 5.25 Å². The Morgan fingerprint density at radius 3 is 2.32 bits per heavy atom. The van der Waals surface area contributed by atoms with Crippen LogP contribution in [0, 0.1) is 6.92 Å². The Labute approximate surface area is 113 Å². The molecular weight excluding hydrogens is 266 g/mol. The highest BCUT2D eigenvalue weighted by molar-refractivity contribution is 7.94. The van der Waals surface area contributed by atoms with Crippen LogP contribution in [0.4, 0.5) is 5.69 Å². The molecule has 0 spiro atoms. The van der Waals surface area contributed by atoms with Crippen LogP contribution in [0.5, 0.6) is 0 Å². The lowest BCUT2D eigenvalue weighted by molar-refractivity contribution is -0.136. The van der Waals surface area contributed by atoms with Crippen molar-refractivity contribution in [2.75, 3.05) is 4.72 Å². The van der Waals surface area contributed by atoms with Gasteiger partial charge >= 0.3 is 5.97 Å². The molecule has 1 atom stereocenters. The second-order valence-corrected chi connectivity index (χ2v) is 6.82. The fourth-order valence-electron chi connectivity index (χ4n) is 1.67. The van der Waals surface area contributed by atoms with E-state index in [0.29, 0.717) is 5.69 Å². The van der Waals surface area contributed by atoms with Crippen molar-refractivity contribution in [2.45, 2.75) is 38.9 Å². The van der Waals surface area contributed by atoms with Crippen molar-refractivity contribution in [3.05, 3.63) is 29.3 Å². The number of anilines is 1.